The van der Waals surface area contributed by atoms with Gasteiger partial charge in [-0.15, -0.1) is 0 Å². The highest BCUT2D eigenvalue weighted by atomic mass is 16.6. The van der Waals surface area contributed by atoms with Gasteiger partial charge in [-0.1, -0.05) is 0 Å². The largest absolute Gasteiger partial charge is 0.460 e. The van der Waals surface area contributed by atoms with Crippen LogP contribution in [0.5, 0.6) is 0 Å². The molecule has 0 amide bonds. The summed E-state index contributed by atoms with van der Waals surface area (Å²) >= 11 is 0. The van der Waals surface area contributed by atoms with Crippen molar-refractivity contribution in [3.8, 4) is 0 Å². The summed E-state index contributed by atoms with van der Waals surface area (Å²) in [5.74, 6) is 1.35. The Balaban J connectivity index is 1.93. The lowest BCUT2D eigenvalue weighted by Gasteiger charge is -2.25. The summed E-state index contributed by atoms with van der Waals surface area (Å²) in [5, 5.41) is 0. The third-order valence-corrected chi connectivity index (χ3v) is 3.18. The van der Waals surface area contributed by atoms with E-state index in [1.54, 1.807) is 0 Å². The lowest BCUT2D eigenvalue weighted by Crippen LogP contribution is -2.31. The van der Waals surface area contributed by atoms with Crippen LogP contribution in [0, 0.1) is 24.2 Å². The highest BCUT2D eigenvalue weighted by molar-refractivity contribution is 5.75. The molecule has 0 saturated heterocycles. The van der Waals surface area contributed by atoms with Gasteiger partial charge in [0.2, 0.25) is 0 Å². The van der Waals surface area contributed by atoms with Crippen molar-refractivity contribution in [2.75, 3.05) is 0 Å². The quantitative estimate of drug-likeness (QED) is 0.601. The van der Waals surface area contributed by atoms with E-state index in [2.05, 4.69) is 6.42 Å². The van der Waals surface area contributed by atoms with Crippen molar-refractivity contribution in [1.82, 2.24) is 0 Å². The van der Waals surface area contributed by atoms with Crippen molar-refractivity contribution in [3.05, 3.63) is 6.42 Å². The Hall–Kier alpha value is -0.530. The van der Waals surface area contributed by atoms with E-state index in [1.807, 2.05) is 20.8 Å². The molecule has 2 aliphatic carbocycles. The predicted molar refractivity (Wildman–Crippen MR) is 54.5 cm³/mol. The van der Waals surface area contributed by atoms with Crippen LogP contribution in [0.3, 0.4) is 0 Å². The van der Waals surface area contributed by atoms with Crippen LogP contribution in [-0.2, 0) is 9.53 Å². The Morgan fingerprint density at radius 2 is 2.07 bits per heavy atom. The maximum atomic E-state index is 11.8. The Kier molecular flexibility index (Phi) is 2.32. The van der Waals surface area contributed by atoms with Gasteiger partial charge < -0.3 is 4.74 Å². The molecule has 2 saturated carbocycles. The monoisotopic (exact) mass is 195 g/mol. The van der Waals surface area contributed by atoms with E-state index in [1.165, 1.54) is 19.3 Å². The number of rotatable bonds is 1. The smallest absolute Gasteiger partial charge is 0.310 e. The van der Waals surface area contributed by atoms with E-state index in [9.17, 15) is 4.79 Å². The first kappa shape index (κ1) is 10.0. The molecule has 0 aromatic carbocycles. The molecule has 3 atom stereocenters. The molecule has 1 radical (unpaired) electrons. The number of ether oxygens (including phenoxy) is 1. The van der Waals surface area contributed by atoms with Crippen LogP contribution < -0.4 is 0 Å². The molecule has 2 nitrogen and oxygen atoms in total. The van der Waals surface area contributed by atoms with Crippen molar-refractivity contribution in [3.63, 3.8) is 0 Å². The summed E-state index contributed by atoms with van der Waals surface area (Å²) in [4.78, 5) is 11.8. The number of esters is 1. The molecule has 0 spiro atoms. The summed E-state index contributed by atoms with van der Waals surface area (Å²) in [6.45, 7) is 5.79. The Morgan fingerprint density at radius 1 is 1.36 bits per heavy atom. The van der Waals surface area contributed by atoms with Gasteiger partial charge in [-0.25, -0.2) is 0 Å². The van der Waals surface area contributed by atoms with Gasteiger partial charge in [0.25, 0.3) is 0 Å². The van der Waals surface area contributed by atoms with Gasteiger partial charge in [-0.2, -0.15) is 0 Å². The van der Waals surface area contributed by atoms with Crippen molar-refractivity contribution >= 4 is 5.97 Å². The minimum atomic E-state index is -0.341. The average Bonchev–Trinajstić information content (AvgIpc) is 2.59. The third-order valence-electron chi connectivity index (χ3n) is 3.18. The average molecular weight is 195 g/mol. The molecular formula is C12H19O2. The van der Waals surface area contributed by atoms with Crippen LogP contribution in [0.25, 0.3) is 0 Å². The Labute approximate surface area is 86.0 Å². The van der Waals surface area contributed by atoms with Gasteiger partial charge in [0, 0.05) is 0 Å². The highest BCUT2D eigenvalue weighted by Crippen LogP contribution is 2.48. The zero-order chi connectivity index (χ0) is 10.3. The number of carbonyl (C=O) groups excluding carboxylic acids is 1. The van der Waals surface area contributed by atoms with Crippen LogP contribution in [0.1, 0.15) is 40.0 Å². The summed E-state index contributed by atoms with van der Waals surface area (Å²) in [5.41, 5.74) is -0.341. The molecule has 2 fully saturated rings. The molecular weight excluding hydrogens is 176 g/mol. The van der Waals surface area contributed by atoms with E-state index >= 15 is 0 Å². The molecule has 2 heteroatoms. The Morgan fingerprint density at radius 3 is 2.50 bits per heavy atom. The molecule has 0 heterocycles. The number of hydrogen-bond donors (Lipinski definition) is 0. The second-order valence-electron chi connectivity index (χ2n) is 5.58. The maximum absolute atomic E-state index is 11.8. The van der Waals surface area contributed by atoms with Gasteiger partial charge in [0.05, 0.1) is 5.92 Å². The van der Waals surface area contributed by atoms with Crippen LogP contribution >= 0.6 is 0 Å². The van der Waals surface area contributed by atoms with E-state index < -0.39 is 0 Å². The fourth-order valence-corrected chi connectivity index (χ4v) is 2.64. The summed E-state index contributed by atoms with van der Waals surface area (Å²) in [7, 11) is 0. The summed E-state index contributed by atoms with van der Waals surface area (Å²) < 4.78 is 5.40. The van der Waals surface area contributed by atoms with E-state index in [0.717, 1.165) is 0 Å². The first-order valence-electron chi connectivity index (χ1n) is 5.53. The van der Waals surface area contributed by atoms with Gasteiger partial charge in [0.15, 0.2) is 0 Å². The van der Waals surface area contributed by atoms with E-state index in [-0.39, 0.29) is 17.5 Å². The van der Waals surface area contributed by atoms with Gasteiger partial charge >= 0.3 is 5.97 Å². The fourth-order valence-electron chi connectivity index (χ4n) is 2.64. The molecule has 0 aromatic rings. The third kappa shape index (κ3) is 1.94. The second kappa shape index (κ2) is 3.25. The highest BCUT2D eigenvalue weighted by Gasteiger charge is 2.44. The minimum Gasteiger partial charge on any atom is -0.460 e. The molecule has 2 rings (SSSR count). The van der Waals surface area contributed by atoms with E-state index in [0.29, 0.717) is 11.8 Å². The lowest BCUT2D eigenvalue weighted by atomic mass is 9.89. The molecule has 79 valence electrons. The van der Waals surface area contributed by atoms with E-state index in [4.69, 9.17) is 4.74 Å². The van der Waals surface area contributed by atoms with Gasteiger partial charge in [-0.3, -0.25) is 4.79 Å². The van der Waals surface area contributed by atoms with Gasteiger partial charge in [-0.05, 0) is 58.3 Å². The Bertz CT molecular complexity index is 239. The topological polar surface area (TPSA) is 26.3 Å². The second-order valence-corrected chi connectivity index (χ2v) is 5.58. The fraction of sp³-hybridized carbons (Fsp3) is 0.833. The van der Waals surface area contributed by atoms with Crippen molar-refractivity contribution in [2.24, 2.45) is 17.8 Å². The predicted octanol–water partition coefficient (Wildman–Crippen LogP) is 2.58. The standard InChI is InChI=1S/C12H19O2/c1-12(2,3)14-11(13)10-7-8-4-5-9(10)6-8/h7-10H,4-6H2,1-3H3. The summed E-state index contributed by atoms with van der Waals surface area (Å²) in [6.07, 6.45) is 5.92. The number of fused-ring (bicyclic) bond motifs is 2. The molecule has 14 heavy (non-hydrogen) atoms. The molecule has 3 unspecified atom stereocenters. The van der Waals surface area contributed by atoms with Crippen molar-refractivity contribution in [2.45, 2.75) is 45.6 Å². The SMILES string of the molecule is CC(C)(C)OC(=O)C1[CH]C2CCC1C2. The number of carbonyl (C=O) groups is 1. The first-order chi connectivity index (χ1) is 6.46. The van der Waals surface area contributed by atoms with Crippen LogP contribution in [-0.4, -0.2) is 11.6 Å². The van der Waals surface area contributed by atoms with Crippen LogP contribution in [0.2, 0.25) is 0 Å². The molecule has 2 bridgehead atoms. The molecule has 0 N–H and O–H groups in total. The molecule has 0 aliphatic heterocycles. The molecule has 0 aromatic heterocycles. The maximum Gasteiger partial charge on any atom is 0.310 e. The minimum absolute atomic E-state index is 0.00954. The normalized spacial score (nSPS) is 36.1. The van der Waals surface area contributed by atoms with Crippen molar-refractivity contribution in [1.29, 1.82) is 0 Å². The lowest BCUT2D eigenvalue weighted by molar-refractivity contribution is -0.160. The first-order valence-corrected chi connectivity index (χ1v) is 5.53. The van der Waals surface area contributed by atoms with Gasteiger partial charge in [0.1, 0.15) is 5.60 Å². The van der Waals surface area contributed by atoms with Crippen LogP contribution in [0.15, 0.2) is 0 Å². The summed E-state index contributed by atoms with van der Waals surface area (Å²) in [6, 6.07) is 0. The van der Waals surface area contributed by atoms with Crippen LogP contribution in [0.4, 0.5) is 0 Å². The molecule has 2 aliphatic rings. The number of hydrogen-bond acceptors (Lipinski definition) is 2. The zero-order valence-electron chi connectivity index (χ0n) is 9.25. The van der Waals surface area contributed by atoms with Crippen molar-refractivity contribution < 1.29 is 9.53 Å². The zero-order valence-corrected chi connectivity index (χ0v) is 9.25.